The van der Waals surface area contributed by atoms with Crippen LogP contribution in [0.2, 0.25) is 5.02 Å². The predicted octanol–water partition coefficient (Wildman–Crippen LogP) is 1.24. The van der Waals surface area contributed by atoms with E-state index in [9.17, 15) is 4.79 Å². The number of pyridine rings is 1. The maximum absolute atomic E-state index is 12.4. The Morgan fingerprint density at radius 1 is 1.50 bits per heavy atom. The molecule has 2 aromatic heterocycles. The van der Waals surface area contributed by atoms with Crippen molar-refractivity contribution in [3.05, 3.63) is 41.0 Å². The summed E-state index contributed by atoms with van der Waals surface area (Å²) in [5.74, 6) is 0.777. The lowest BCUT2D eigenvalue weighted by Gasteiger charge is -2.19. The summed E-state index contributed by atoms with van der Waals surface area (Å²) in [5.41, 5.74) is 6.42. The molecule has 24 heavy (non-hydrogen) atoms. The van der Waals surface area contributed by atoms with Gasteiger partial charge >= 0.3 is 0 Å². The van der Waals surface area contributed by atoms with E-state index in [1.807, 2.05) is 0 Å². The highest BCUT2D eigenvalue weighted by Gasteiger charge is 2.22. The normalized spacial score (nSPS) is 17.0. The molecular formula is C15H18ClN5O3. The molecule has 8 nitrogen and oxygen atoms in total. The Bertz CT molecular complexity index is 702. The van der Waals surface area contributed by atoms with Crippen LogP contribution in [0.1, 0.15) is 22.7 Å². The van der Waals surface area contributed by atoms with E-state index in [-0.39, 0.29) is 24.2 Å². The van der Waals surface area contributed by atoms with E-state index in [1.165, 1.54) is 6.20 Å². The molecule has 1 saturated heterocycles. The first-order chi connectivity index (χ1) is 11.6. The van der Waals surface area contributed by atoms with Gasteiger partial charge in [-0.3, -0.25) is 20.6 Å². The molecule has 0 radical (unpaired) electrons. The molecule has 1 aliphatic rings. The molecule has 9 heteroatoms. The number of carbonyl (C=O) groups excluding carboxylic acids is 1. The lowest BCUT2D eigenvalue weighted by Crippen LogP contribution is -2.41. The standard InChI is InChI=1S/C15H18ClN5O3/c1-21(8-11-2-3-18-19-11)15(22)14-5-13(24-20-14)9-23-12-4-10(16)6-17-7-12/h4-7,11,18-19H,2-3,8-9H2,1H3. The highest BCUT2D eigenvalue weighted by atomic mass is 35.5. The van der Waals surface area contributed by atoms with Crippen LogP contribution in [0.15, 0.2) is 29.0 Å². The van der Waals surface area contributed by atoms with Crippen LogP contribution in [0, 0.1) is 0 Å². The summed E-state index contributed by atoms with van der Waals surface area (Å²) in [5, 5.41) is 4.30. The van der Waals surface area contributed by atoms with Gasteiger partial charge in [0.05, 0.1) is 11.2 Å². The zero-order valence-corrected chi connectivity index (χ0v) is 13.9. The minimum Gasteiger partial charge on any atom is -0.484 e. The summed E-state index contributed by atoms with van der Waals surface area (Å²) in [4.78, 5) is 17.9. The third-order valence-electron chi connectivity index (χ3n) is 3.60. The van der Waals surface area contributed by atoms with Crippen LogP contribution in [0.4, 0.5) is 0 Å². The smallest absolute Gasteiger partial charge is 0.275 e. The molecule has 0 aromatic carbocycles. The molecule has 0 bridgehead atoms. The Morgan fingerprint density at radius 2 is 2.38 bits per heavy atom. The van der Waals surface area contributed by atoms with Crippen molar-refractivity contribution in [2.75, 3.05) is 20.1 Å². The number of amides is 1. The first-order valence-corrected chi connectivity index (χ1v) is 7.92. The van der Waals surface area contributed by atoms with Crippen LogP contribution in [0.25, 0.3) is 0 Å². The summed E-state index contributed by atoms with van der Waals surface area (Å²) in [6, 6.07) is 3.47. The average Bonchev–Trinajstić information content (AvgIpc) is 3.24. The molecule has 1 amide bonds. The zero-order valence-electron chi connectivity index (χ0n) is 13.2. The topological polar surface area (TPSA) is 92.5 Å². The Hall–Kier alpha value is -2.16. The van der Waals surface area contributed by atoms with Crippen molar-refractivity contribution in [2.24, 2.45) is 0 Å². The molecule has 1 fully saturated rings. The van der Waals surface area contributed by atoms with Gasteiger partial charge in [-0.05, 0) is 6.42 Å². The molecule has 0 aliphatic carbocycles. The van der Waals surface area contributed by atoms with Crippen LogP contribution >= 0.6 is 11.6 Å². The van der Waals surface area contributed by atoms with Gasteiger partial charge < -0.3 is 14.2 Å². The number of hydrazine groups is 1. The largest absolute Gasteiger partial charge is 0.484 e. The maximum Gasteiger partial charge on any atom is 0.275 e. The first kappa shape index (κ1) is 16.7. The highest BCUT2D eigenvalue weighted by molar-refractivity contribution is 6.30. The zero-order chi connectivity index (χ0) is 16.9. The number of aromatic nitrogens is 2. The summed E-state index contributed by atoms with van der Waals surface area (Å²) in [6.07, 6.45) is 4.04. The molecule has 1 atom stereocenters. The van der Waals surface area contributed by atoms with E-state index in [0.717, 1.165) is 13.0 Å². The summed E-state index contributed by atoms with van der Waals surface area (Å²) in [6.45, 7) is 1.63. The Balaban J connectivity index is 1.55. The van der Waals surface area contributed by atoms with Crippen LogP contribution in [-0.2, 0) is 6.61 Å². The SMILES string of the molecule is CN(CC1CCNN1)C(=O)c1cc(COc2cncc(Cl)c2)on1. The molecule has 0 spiro atoms. The fourth-order valence-corrected chi connectivity index (χ4v) is 2.55. The van der Waals surface area contributed by atoms with Gasteiger partial charge in [0.15, 0.2) is 11.5 Å². The van der Waals surface area contributed by atoms with Crippen molar-refractivity contribution in [3.8, 4) is 5.75 Å². The molecule has 128 valence electrons. The predicted molar refractivity (Wildman–Crippen MR) is 86.6 cm³/mol. The third-order valence-corrected chi connectivity index (χ3v) is 3.81. The van der Waals surface area contributed by atoms with Crippen LogP contribution < -0.4 is 15.6 Å². The fourth-order valence-electron chi connectivity index (χ4n) is 2.39. The van der Waals surface area contributed by atoms with E-state index in [0.29, 0.717) is 23.1 Å². The van der Waals surface area contributed by atoms with Crippen molar-refractivity contribution in [2.45, 2.75) is 19.1 Å². The number of halogens is 1. The van der Waals surface area contributed by atoms with Crippen molar-refractivity contribution in [1.29, 1.82) is 0 Å². The number of hydrogen-bond acceptors (Lipinski definition) is 7. The van der Waals surface area contributed by atoms with Crippen molar-refractivity contribution in [1.82, 2.24) is 25.9 Å². The van der Waals surface area contributed by atoms with E-state index in [1.54, 1.807) is 30.3 Å². The second-order valence-corrected chi connectivity index (χ2v) is 5.98. The number of rotatable bonds is 6. The van der Waals surface area contributed by atoms with Gasteiger partial charge in [0, 0.05) is 44.5 Å². The van der Waals surface area contributed by atoms with Crippen molar-refractivity contribution in [3.63, 3.8) is 0 Å². The van der Waals surface area contributed by atoms with E-state index < -0.39 is 0 Å². The van der Waals surface area contributed by atoms with Gasteiger partial charge in [0.25, 0.3) is 5.91 Å². The van der Waals surface area contributed by atoms with E-state index in [4.69, 9.17) is 20.9 Å². The number of nitrogens with zero attached hydrogens (tertiary/aromatic N) is 3. The average molecular weight is 352 g/mol. The van der Waals surface area contributed by atoms with Gasteiger partial charge in [-0.2, -0.15) is 0 Å². The van der Waals surface area contributed by atoms with Gasteiger partial charge in [-0.25, -0.2) is 0 Å². The molecule has 3 rings (SSSR count). The molecule has 1 unspecified atom stereocenters. The monoisotopic (exact) mass is 351 g/mol. The number of likely N-dealkylation sites (N-methyl/N-ethyl adjacent to an activating group) is 1. The Morgan fingerprint density at radius 3 is 3.12 bits per heavy atom. The minimum absolute atomic E-state index is 0.139. The molecule has 0 saturated carbocycles. The number of carbonyl (C=O) groups is 1. The molecule has 3 heterocycles. The van der Waals surface area contributed by atoms with Gasteiger partial charge in [-0.1, -0.05) is 16.8 Å². The third kappa shape index (κ3) is 4.22. The van der Waals surface area contributed by atoms with Gasteiger partial charge in [0.2, 0.25) is 0 Å². The summed E-state index contributed by atoms with van der Waals surface area (Å²) in [7, 11) is 1.74. The molecule has 2 N–H and O–H groups in total. The second kappa shape index (κ2) is 7.61. The number of hydrogen-bond donors (Lipinski definition) is 2. The number of ether oxygens (including phenoxy) is 1. The first-order valence-electron chi connectivity index (χ1n) is 7.54. The lowest BCUT2D eigenvalue weighted by atomic mass is 10.2. The fraction of sp³-hybridized carbons (Fsp3) is 0.400. The summed E-state index contributed by atoms with van der Waals surface area (Å²) >= 11 is 5.84. The molecule has 1 aliphatic heterocycles. The lowest BCUT2D eigenvalue weighted by molar-refractivity contribution is 0.0772. The van der Waals surface area contributed by atoms with Crippen LogP contribution in [0.5, 0.6) is 5.75 Å². The van der Waals surface area contributed by atoms with E-state index in [2.05, 4.69) is 21.0 Å². The minimum atomic E-state index is -0.192. The quantitative estimate of drug-likeness (QED) is 0.808. The van der Waals surface area contributed by atoms with Crippen molar-refractivity contribution >= 4 is 17.5 Å². The van der Waals surface area contributed by atoms with Gasteiger partial charge in [-0.15, -0.1) is 0 Å². The van der Waals surface area contributed by atoms with Crippen LogP contribution in [0.3, 0.4) is 0 Å². The maximum atomic E-state index is 12.4. The van der Waals surface area contributed by atoms with Crippen molar-refractivity contribution < 1.29 is 14.1 Å². The Labute approximate surface area is 144 Å². The summed E-state index contributed by atoms with van der Waals surface area (Å²) < 4.78 is 10.7. The van der Waals surface area contributed by atoms with Gasteiger partial charge in [0.1, 0.15) is 12.4 Å². The van der Waals surface area contributed by atoms with Crippen LogP contribution in [-0.4, -0.2) is 47.1 Å². The Kier molecular flexibility index (Phi) is 5.29. The van der Waals surface area contributed by atoms with E-state index >= 15 is 0 Å². The molecule has 2 aromatic rings. The second-order valence-electron chi connectivity index (χ2n) is 5.55. The number of nitrogens with one attached hydrogen (secondary N) is 2. The molecular weight excluding hydrogens is 334 g/mol. The highest BCUT2D eigenvalue weighted by Crippen LogP contribution is 2.17.